The maximum Gasteiger partial charge on any atom is 0.0580 e. The van der Waals surface area contributed by atoms with E-state index in [-0.39, 0.29) is 0 Å². The third-order valence-corrected chi connectivity index (χ3v) is 3.12. The minimum atomic E-state index is 0.789. The summed E-state index contributed by atoms with van der Waals surface area (Å²) in [4.78, 5) is 0. The summed E-state index contributed by atoms with van der Waals surface area (Å²) in [6.07, 6.45) is 6.07. The molecule has 0 amide bonds. The van der Waals surface area contributed by atoms with Crippen molar-refractivity contribution in [2.75, 3.05) is 25.1 Å². The van der Waals surface area contributed by atoms with Crippen LogP contribution in [0.25, 0.3) is 0 Å². The lowest BCUT2D eigenvalue weighted by molar-refractivity contribution is 0.653. The zero-order valence-electron chi connectivity index (χ0n) is 10.5. The van der Waals surface area contributed by atoms with Crippen molar-refractivity contribution in [1.82, 2.24) is 5.32 Å². The van der Waals surface area contributed by atoms with E-state index in [1.54, 1.807) is 0 Å². The summed E-state index contributed by atoms with van der Waals surface area (Å²) in [5, 5.41) is 3.35. The molecule has 92 valence electrons. The molecule has 0 heterocycles. The molecule has 0 saturated carbocycles. The Kier molecular flexibility index (Phi) is 8.54. The summed E-state index contributed by atoms with van der Waals surface area (Å²) in [5.41, 5.74) is 1.09. The van der Waals surface area contributed by atoms with Crippen LogP contribution in [0.15, 0.2) is 30.3 Å². The van der Waals surface area contributed by atoms with Gasteiger partial charge in [0.25, 0.3) is 0 Å². The van der Waals surface area contributed by atoms with Crippen molar-refractivity contribution in [2.24, 2.45) is 0 Å². The zero-order valence-corrected chi connectivity index (χ0v) is 11.4. The van der Waals surface area contributed by atoms with Crippen molar-refractivity contribution in [3.63, 3.8) is 0 Å². The van der Waals surface area contributed by atoms with Crippen LogP contribution >= 0.6 is 11.8 Å². The summed E-state index contributed by atoms with van der Waals surface area (Å²) < 4.78 is 0. The third kappa shape index (κ3) is 7.90. The van der Waals surface area contributed by atoms with Crippen LogP contribution in [-0.4, -0.2) is 25.1 Å². The van der Waals surface area contributed by atoms with Crippen LogP contribution < -0.4 is 5.32 Å². The quantitative estimate of drug-likeness (QED) is 0.587. The van der Waals surface area contributed by atoms with Gasteiger partial charge in [-0.2, -0.15) is 11.8 Å². The molecule has 2 heteroatoms. The molecule has 1 nitrogen and oxygen atoms in total. The van der Waals surface area contributed by atoms with E-state index in [9.17, 15) is 0 Å². The molecule has 0 aliphatic carbocycles. The van der Waals surface area contributed by atoms with E-state index in [0.717, 1.165) is 18.7 Å². The first-order chi connectivity index (χ1) is 8.43. The molecule has 0 atom stereocenters. The molecular formula is C15H21NS. The van der Waals surface area contributed by atoms with Gasteiger partial charge in [-0.05, 0) is 43.5 Å². The number of rotatable bonds is 7. The highest BCUT2D eigenvalue weighted by Crippen LogP contribution is 2.01. The van der Waals surface area contributed by atoms with Gasteiger partial charge in [0.1, 0.15) is 0 Å². The lowest BCUT2D eigenvalue weighted by Gasteiger charge is -2.00. The number of hydrogen-bond donors (Lipinski definition) is 1. The second-order valence-electron chi connectivity index (χ2n) is 3.90. The fraction of sp³-hybridized carbons (Fsp3) is 0.467. The SMILES string of the molecule is CSCCCCCNCC#Cc1ccccc1. The summed E-state index contributed by atoms with van der Waals surface area (Å²) in [7, 11) is 0. The molecule has 0 radical (unpaired) electrons. The van der Waals surface area contributed by atoms with Gasteiger partial charge in [-0.1, -0.05) is 36.5 Å². The second kappa shape index (κ2) is 10.3. The molecule has 0 aliphatic rings. The van der Waals surface area contributed by atoms with Crippen molar-refractivity contribution in [1.29, 1.82) is 0 Å². The highest BCUT2D eigenvalue weighted by molar-refractivity contribution is 7.98. The fourth-order valence-corrected chi connectivity index (χ4v) is 1.98. The van der Waals surface area contributed by atoms with Gasteiger partial charge in [-0.25, -0.2) is 0 Å². The van der Waals surface area contributed by atoms with Crippen LogP contribution in [0.4, 0.5) is 0 Å². The van der Waals surface area contributed by atoms with Gasteiger partial charge in [0.05, 0.1) is 6.54 Å². The van der Waals surface area contributed by atoms with E-state index in [1.807, 2.05) is 42.1 Å². The zero-order chi connectivity index (χ0) is 12.2. The summed E-state index contributed by atoms with van der Waals surface area (Å²) in [5.74, 6) is 7.56. The summed E-state index contributed by atoms with van der Waals surface area (Å²) in [6.45, 7) is 1.87. The molecule has 0 fully saturated rings. The molecule has 17 heavy (non-hydrogen) atoms. The van der Waals surface area contributed by atoms with E-state index < -0.39 is 0 Å². The Labute approximate surface area is 109 Å². The molecule has 1 aromatic carbocycles. The monoisotopic (exact) mass is 247 g/mol. The van der Waals surface area contributed by atoms with E-state index in [0.29, 0.717) is 0 Å². The minimum Gasteiger partial charge on any atom is -0.306 e. The van der Waals surface area contributed by atoms with Gasteiger partial charge in [0, 0.05) is 5.56 Å². The van der Waals surface area contributed by atoms with Crippen molar-refractivity contribution >= 4 is 11.8 Å². The molecule has 0 saturated heterocycles. The van der Waals surface area contributed by atoms with Crippen LogP contribution in [0.5, 0.6) is 0 Å². The largest absolute Gasteiger partial charge is 0.306 e. The highest BCUT2D eigenvalue weighted by Gasteiger charge is 1.88. The van der Waals surface area contributed by atoms with Gasteiger partial charge >= 0.3 is 0 Å². The number of nitrogens with one attached hydrogen (secondary N) is 1. The lowest BCUT2D eigenvalue weighted by Crippen LogP contribution is -2.15. The Morgan fingerprint density at radius 2 is 1.94 bits per heavy atom. The Bertz CT molecular complexity index is 337. The van der Waals surface area contributed by atoms with Gasteiger partial charge in [-0.3, -0.25) is 0 Å². The van der Waals surface area contributed by atoms with Gasteiger partial charge < -0.3 is 5.32 Å². The second-order valence-corrected chi connectivity index (χ2v) is 4.88. The van der Waals surface area contributed by atoms with Crippen LogP contribution in [0.2, 0.25) is 0 Å². The Morgan fingerprint density at radius 1 is 1.12 bits per heavy atom. The minimum absolute atomic E-state index is 0.789. The Balaban J connectivity index is 1.99. The predicted molar refractivity (Wildman–Crippen MR) is 78.4 cm³/mol. The Hall–Kier alpha value is -0.910. The first-order valence-electron chi connectivity index (χ1n) is 6.17. The average molecular weight is 247 g/mol. The van der Waals surface area contributed by atoms with E-state index >= 15 is 0 Å². The number of benzene rings is 1. The topological polar surface area (TPSA) is 12.0 Å². The number of hydrogen-bond acceptors (Lipinski definition) is 2. The smallest absolute Gasteiger partial charge is 0.0580 e. The molecule has 0 aromatic heterocycles. The van der Waals surface area contributed by atoms with Crippen molar-refractivity contribution in [3.05, 3.63) is 35.9 Å². The van der Waals surface area contributed by atoms with Crippen LogP contribution in [-0.2, 0) is 0 Å². The van der Waals surface area contributed by atoms with Crippen LogP contribution in [0.1, 0.15) is 24.8 Å². The molecule has 0 spiro atoms. The molecular weight excluding hydrogens is 226 g/mol. The van der Waals surface area contributed by atoms with Crippen molar-refractivity contribution in [3.8, 4) is 11.8 Å². The van der Waals surface area contributed by atoms with E-state index in [2.05, 4.69) is 23.4 Å². The molecule has 0 unspecified atom stereocenters. The van der Waals surface area contributed by atoms with E-state index in [1.165, 1.54) is 25.0 Å². The molecule has 1 rings (SSSR count). The van der Waals surface area contributed by atoms with Crippen LogP contribution in [0.3, 0.4) is 0 Å². The predicted octanol–water partition coefficient (Wildman–Crippen LogP) is 3.16. The Morgan fingerprint density at radius 3 is 2.71 bits per heavy atom. The van der Waals surface area contributed by atoms with Gasteiger partial charge in [0.15, 0.2) is 0 Å². The normalized spacial score (nSPS) is 9.71. The average Bonchev–Trinajstić information content (AvgIpc) is 2.38. The number of unbranched alkanes of at least 4 members (excludes halogenated alkanes) is 2. The van der Waals surface area contributed by atoms with Gasteiger partial charge in [-0.15, -0.1) is 0 Å². The van der Waals surface area contributed by atoms with Gasteiger partial charge in [0.2, 0.25) is 0 Å². The maximum atomic E-state index is 3.35. The van der Waals surface area contributed by atoms with Crippen LogP contribution in [0, 0.1) is 11.8 Å². The molecule has 0 bridgehead atoms. The first-order valence-corrected chi connectivity index (χ1v) is 7.56. The molecule has 1 N–H and O–H groups in total. The van der Waals surface area contributed by atoms with E-state index in [4.69, 9.17) is 0 Å². The van der Waals surface area contributed by atoms with Crippen molar-refractivity contribution in [2.45, 2.75) is 19.3 Å². The lowest BCUT2D eigenvalue weighted by atomic mass is 10.2. The highest BCUT2D eigenvalue weighted by atomic mass is 32.2. The summed E-state index contributed by atoms with van der Waals surface area (Å²) in [6, 6.07) is 10.1. The number of thioether (sulfide) groups is 1. The standard InChI is InChI=1S/C15H21NS/c1-17-14-7-3-6-12-16-13-8-11-15-9-4-2-5-10-15/h2,4-5,9-10,16H,3,6-7,12-14H2,1H3. The molecule has 1 aromatic rings. The summed E-state index contributed by atoms with van der Waals surface area (Å²) >= 11 is 1.93. The molecule has 0 aliphatic heterocycles. The third-order valence-electron chi connectivity index (χ3n) is 2.42. The maximum absolute atomic E-state index is 3.35. The first kappa shape index (κ1) is 14.2. The van der Waals surface area contributed by atoms with Crippen molar-refractivity contribution < 1.29 is 0 Å². The fourth-order valence-electron chi connectivity index (χ4n) is 1.49.